The molecular formula is C10H12FNO4S. The van der Waals surface area contributed by atoms with Gasteiger partial charge in [-0.3, -0.25) is 4.79 Å². The van der Waals surface area contributed by atoms with Gasteiger partial charge in [-0.1, -0.05) is 6.07 Å². The Kier molecular flexibility index (Phi) is 4.19. The molecule has 0 heterocycles. The molecule has 1 aromatic rings. The van der Waals surface area contributed by atoms with Gasteiger partial charge in [-0.15, -0.1) is 0 Å². The lowest BCUT2D eigenvalue weighted by Crippen LogP contribution is -2.30. The van der Waals surface area contributed by atoms with Crippen molar-refractivity contribution in [2.75, 3.05) is 13.7 Å². The Balaban J connectivity index is 2.90. The second kappa shape index (κ2) is 5.24. The minimum atomic E-state index is -3.90. The van der Waals surface area contributed by atoms with E-state index in [1.54, 1.807) is 0 Å². The lowest BCUT2D eigenvalue weighted by molar-refractivity contribution is -0.139. The Morgan fingerprint density at radius 1 is 1.47 bits per heavy atom. The number of benzene rings is 1. The number of aryl methyl sites for hydroxylation is 1. The molecule has 17 heavy (non-hydrogen) atoms. The van der Waals surface area contributed by atoms with Gasteiger partial charge in [0.25, 0.3) is 0 Å². The van der Waals surface area contributed by atoms with E-state index < -0.39 is 28.4 Å². The Hall–Kier alpha value is -1.47. The largest absolute Gasteiger partial charge is 0.468 e. The fourth-order valence-electron chi connectivity index (χ4n) is 1.05. The molecule has 0 radical (unpaired) electrons. The monoisotopic (exact) mass is 261 g/mol. The molecule has 1 aromatic carbocycles. The summed E-state index contributed by atoms with van der Waals surface area (Å²) in [5.41, 5.74) is 0.344. The lowest BCUT2D eigenvalue weighted by atomic mass is 10.2. The van der Waals surface area contributed by atoms with Gasteiger partial charge in [-0.25, -0.2) is 12.8 Å². The number of esters is 1. The van der Waals surface area contributed by atoms with Crippen molar-refractivity contribution in [3.63, 3.8) is 0 Å². The highest BCUT2D eigenvalue weighted by Gasteiger charge is 2.16. The highest BCUT2D eigenvalue weighted by molar-refractivity contribution is 7.89. The summed E-state index contributed by atoms with van der Waals surface area (Å²) in [6.07, 6.45) is 0. The average Bonchev–Trinajstić information content (AvgIpc) is 2.29. The van der Waals surface area contributed by atoms with Crippen molar-refractivity contribution in [1.29, 1.82) is 0 Å². The third kappa shape index (κ3) is 3.50. The predicted molar refractivity (Wildman–Crippen MR) is 58.3 cm³/mol. The molecule has 0 spiro atoms. The fourth-order valence-corrected chi connectivity index (χ4v) is 2.03. The van der Waals surface area contributed by atoms with Gasteiger partial charge in [0.05, 0.1) is 12.0 Å². The van der Waals surface area contributed by atoms with Gasteiger partial charge in [0.1, 0.15) is 12.4 Å². The van der Waals surface area contributed by atoms with Crippen molar-refractivity contribution >= 4 is 16.0 Å². The number of carbonyl (C=O) groups excluding carboxylic acids is 1. The van der Waals surface area contributed by atoms with Crippen LogP contribution in [0, 0.1) is 12.7 Å². The first-order valence-corrected chi connectivity index (χ1v) is 6.18. The van der Waals surface area contributed by atoms with Gasteiger partial charge in [0, 0.05) is 0 Å². The molecule has 0 aliphatic carbocycles. The number of nitrogens with one attached hydrogen (secondary N) is 1. The summed E-state index contributed by atoms with van der Waals surface area (Å²) in [4.78, 5) is 10.6. The number of hydrogen-bond donors (Lipinski definition) is 1. The Bertz CT molecular complexity index is 527. The first-order chi connectivity index (χ1) is 7.86. The topological polar surface area (TPSA) is 72.5 Å². The van der Waals surface area contributed by atoms with Gasteiger partial charge in [-0.05, 0) is 24.6 Å². The highest BCUT2D eigenvalue weighted by Crippen LogP contribution is 2.13. The van der Waals surface area contributed by atoms with E-state index in [2.05, 4.69) is 4.74 Å². The zero-order valence-electron chi connectivity index (χ0n) is 9.36. The molecule has 1 N–H and O–H groups in total. The molecule has 0 saturated heterocycles. The van der Waals surface area contributed by atoms with Crippen LogP contribution >= 0.6 is 0 Å². The number of hydrogen-bond acceptors (Lipinski definition) is 4. The van der Waals surface area contributed by atoms with Crippen molar-refractivity contribution in [3.8, 4) is 0 Å². The first kappa shape index (κ1) is 13.6. The third-order valence-corrected chi connectivity index (χ3v) is 3.49. The van der Waals surface area contributed by atoms with Crippen LogP contribution in [0.15, 0.2) is 23.1 Å². The standard InChI is InChI=1S/C10H12FNO4S/c1-7-3-4-8(5-9(7)11)17(14,15)12-6-10(13)16-2/h3-5,12H,6H2,1-2H3. The van der Waals surface area contributed by atoms with Crippen LogP contribution < -0.4 is 4.72 Å². The number of carbonyl (C=O) groups is 1. The molecule has 0 bridgehead atoms. The molecular weight excluding hydrogens is 249 g/mol. The van der Waals surface area contributed by atoms with Crippen LogP contribution in [-0.2, 0) is 19.6 Å². The summed E-state index contributed by atoms with van der Waals surface area (Å²) < 4.78 is 42.7. The SMILES string of the molecule is COC(=O)CNS(=O)(=O)c1ccc(C)c(F)c1. The maximum Gasteiger partial charge on any atom is 0.320 e. The van der Waals surface area contributed by atoms with Crippen molar-refractivity contribution in [3.05, 3.63) is 29.6 Å². The van der Waals surface area contributed by atoms with E-state index in [9.17, 15) is 17.6 Å². The van der Waals surface area contributed by atoms with Crippen molar-refractivity contribution in [1.82, 2.24) is 4.72 Å². The zero-order valence-corrected chi connectivity index (χ0v) is 10.2. The lowest BCUT2D eigenvalue weighted by Gasteiger charge is -2.06. The van der Waals surface area contributed by atoms with E-state index >= 15 is 0 Å². The van der Waals surface area contributed by atoms with Crippen molar-refractivity contribution in [2.45, 2.75) is 11.8 Å². The summed E-state index contributed by atoms with van der Waals surface area (Å²) in [5.74, 6) is -1.34. The predicted octanol–water partition coefficient (Wildman–Crippen LogP) is 0.585. The van der Waals surface area contributed by atoms with E-state index in [0.717, 1.165) is 13.2 Å². The molecule has 0 fully saturated rings. The van der Waals surface area contributed by atoms with Crippen LogP contribution in [0.4, 0.5) is 4.39 Å². The van der Waals surface area contributed by atoms with Crippen LogP contribution in [0.25, 0.3) is 0 Å². The normalized spacial score (nSPS) is 11.2. The fraction of sp³-hybridized carbons (Fsp3) is 0.300. The van der Waals surface area contributed by atoms with Crippen LogP contribution in [0.2, 0.25) is 0 Å². The minimum Gasteiger partial charge on any atom is -0.468 e. The number of methoxy groups -OCH3 is 1. The van der Waals surface area contributed by atoms with Gasteiger partial charge in [-0.2, -0.15) is 4.72 Å². The Morgan fingerprint density at radius 3 is 2.65 bits per heavy atom. The van der Waals surface area contributed by atoms with E-state index in [-0.39, 0.29) is 4.90 Å². The van der Waals surface area contributed by atoms with E-state index in [0.29, 0.717) is 5.56 Å². The average molecular weight is 261 g/mol. The quantitative estimate of drug-likeness (QED) is 0.805. The molecule has 0 aromatic heterocycles. The van der Waals surface area contributed by atoms with Gasteiger partial charge < -0.3 is 4.74 Å². The highest BCUT2D eigenvalue weighted by atomic mass is 32.2. The molecule has 0 aliphatic rings. The molecule has 0 atom stereocenters. The third-order valence-electron chi connectivity index (χ3n) is 2.09. The number of sulfonamides is 1. The summed E-state index contributed by atoms with van der Waals surface area (Å²) in [7, 11) is -2.75. The molecule has 0 unspecified atom stereocenters. The van der Waals surface area contributed by atoms with Crippen LogP contribution in [0.5, 0.6) is 0 Å². The number of ether oxygens (including phenoxy) is 1. The molecule has 0 saturated carbocycles. The summed E-state index contributed by atoms with van der Waals surface area (Å²) in [5, 5.41) is 0. The Labute approximate surface area is 98.6 Å². The zero-order chi connectivity index (χ0) is 13.1. The maximum atomic E-state index is 13.2. The summed E-state index contributed by atoms with van der Waals surface area (Å²) >= 11 is 0. The van der Waals surface area contributed by atoms with E-state index in [1.165, 1.54) is 19.1 Å². The van der Waals surface area contributed by atoms with Crippen molar-refractivity contribution in [2.24, 2.45) is 0 Å². The van der Waals surface area contributed by atoms with E-state index in [4.69, 9.17) is 0 Å². The minimum absolute atomic E-state index is 0.232. The number of halogens is 1. The van der Waals surface area contributed by atoms with Crippen molar-refractivity contribution < 1.29 is 22.3 Å². The summed E-state index contributed by atoms with van der Waals surface area (Å²) in [6, 6.07) is 3.51. The second-order valence-electron chi connectivity index (χ2n) is 3.31. The van der Waals surface area contributed by atoms with Gasteiger partial charge in [0.15, 0.2) is 0 Å². The second-order valence-corrected chi connectivity index (χ2v) is 5.08. The van der Waals surface area contributed by atoms with Crippen LogP contribution in [0.1, 0.15) is 5.56 Å². The van der Waals surface area contributed by atoms with Crippen LogP contribution in [0.3, 0.4) is 0 Å². The molecule has 5 nitrogen and oxygen atoms in total. The molecule has 94 valence electrons. The number of rotatable bonds is 4. The molecule has 1 rings (SSSR count). The molecule has 7 heteroatoms. The smallest absolute Gasteiger partial charge is 0.320 e. The summed E-state index contributed by atoms with van der Waals surface area (Å²) in [6.45, 7) is 1.03. The van der Waals surface area contributed by atoms with Gasteiger partial charge in [0.2, 0.25) is 10.0 Å². The maximum absolute atomic E-state index is 13.2. The van der Waals surface area contributed by atoms with Gasteiger partial charge >= 0.3 is 5.97 Å². The van der Waals surface area contributed by atoms with E-state index in [1.807, 2.05) is 4.72 Å². The first-order valence-electron chi connectivity index (χ1n) is 4.69. The Morgan fingerprint density at radius 2 is 2.12 bits per heavy atom. The van der Waals surface area contributed by atoms with Crippen LogP contribution in [-0.4, -0.2) is 28.0 Å². The molecule has 0 amide bonds. The molecule has 0 aliphatic heterocycles.